The average molecular weight is 257 g/mol. The zero-order valence-corrected chi connectivity index (χ0v) is 12.0. The molecular weight excluding hydrogens is 234 g/mol. The van der Waals surface area contributed by atoms with Crippen molar-refractivity contribution in [2.24, 2.45) is 0 Å². The summed E-state index contributed by atoms with van der Waals surface area (Å²) in [5.41, 5.74) is 2.47. The van der Waals surface area contributed by atoms with Crippen molar-refractivity contribution in [3.05, 3.63) is 48.5 Å². The van der Waals surface area contributed by atoms with Gasteiger partial charge in [0, 0.05) is 30.2 Å². The van der Waals surface area contributed by atoms with Crippen LogP contribution < -0.4 is 5.32 Å². The first-order valence-corrected chi connectivity index (χ1v) is 7.05. The normalized spacial score (nSPS) is 14.3. The number of nitrogens with zero attached hydrogens (tertiary/aromatic N) is 2. The topological polar surface area (TPSA) is 29.9 Å². The van der Waals surface area contributed by atoms with Gasteiger partial charge in [0.2, 0.25) is 0 Å². The molecule has 0 amide bonds. The highest BCUT2D eigenvalue weighted by molar-refractivity contribution is 5.35. The second-order valence-electron chi connectivity index (χ2n) is 5.14. The molecule has 2 rings (SSSR count). The molecule has 0 saturated carbocycles. The zero-order chi connectivity index (χ0) is 13.7. The lowest BCUT2D eigenvalue weighted by molar-refractivity contribution is 0.453. The summed E-state index contributed by atoms with van der Waals surface area (Å²) in [5, 5.41) is 3.63. The maximum absolute atomic E-state index is 4.07. The van der Waals surface area contributed by atoms with Crippen LogP contribution in [0.5, 0.6) is 0 Å². The highest BCUT2D eigenvalue weighted by Gasteiger charge is 2.08. The zero-order valence-electron chi connectivity index (χ0n) is 12.0. The lowest BCUT2D eigenvalue weighted by Gasteiger charge is -2.20. The van der Waals surface area contributed by atoms with Gasteiger partial charge >= 0.3 is 0 Å². The first-order valence-electron chi connectivity index (χ1n) is 7.05. The minimum Gasteiger partial charge on any atom is -0.308 e. The molecule has 1 heterocycles. The van der Waals surface area contributed by atoms with Crippen molar-refractivity contribution < 1.29 is 0 Å². The Bertz CT molecular complexity index is 473. The number of hydrogen-bond acceptors (Lipinski definition) is 2. The van der Waals surface area contributed by atoms with E-state index < -0.39 is 0 Å². The molecule has 1 aromatic carbocycles. The van der Waals surface area contributed by atoms with Crippen LogP contribution in [0.2, 0.25) is 0 Å². The van der Waals surface area contributed by atoms with Crippen molar-refractivity contribution in [1.29, 1.82) is 0 Å². The molecule has 0 bridgehead atoms. The molecule has 2 atom stereocenters. The van der Waals surface area contributed by atoms with Crippen LogP contribution in [0.1, 0.15) is 45.2 Å². The molecule has 2 aromatic rings. The number of rotatable bonds is 6. The van der Waals surface area contributed by atoms with Crippen molar-refractivity contribution in [2.45, 2.75) is 45.7 Å². The van der Waals surface area contributed by atoms with Gasteiger partial charge in [0.15, 0.2) is 0 Å². The largest absolute Gasteiger partial charge is 0.308 e. The second-order valence-corrected chi connectivity index (χ2v) is 5.14. The number of imidazole rings is 1. The maximum Gasteiger partial charge on any atom is 0.0991 e. The number of benzene rings is 1. The third-order valence-electron chi connectivity index (χ3n) is 3.45. The molecule has 3 heteroatoms. The molecule has 1 aromatic heterocycles. The van der Waals surface area contributed by atoms with Gasteiger partial charge in [-0.25, -0.2) is 4.98 Å². The molecule has 0 fully saturated rings. The number of aromatic nitrogens is 2. The fourth-order valence-corrected chi connectivity index (χ4v) is 2.39. The van der Waals surface area contributed by atoms with Gasteiger partial charge in [-0.2, -0.15) is 0 Å². The van der Waals surface area contributed by atoms with Gasteiger partial charge in [0.1, 0.15) is 0 Å². The standard InChI is InChI=1S/C16H23N3/c1-4-5-13(2)18-14(3)15-6-8-16(9-7-15)19-11-10-17-12-19/h6-14,18H,4-5H2,1-3H3. The molecule has 0 spiro atoms. The highest BCUT2D eigenvalue weighted by Crippen LogP contribution is 2.16. The van der Waals surface area contributed by atoms with E-state index in [0.717, 1.165) is 5.69 Å². The Balaban J connectivity index is 2.02. The van der Waals surface area contributed by atoms with Crippen LogP contribution in [0, 0.1) is 0 Å². The van der Waals surface area contributed by atoms with Crippen molar-refractivity contribution in [1.82, 2.24) is 14.9 Å². The van der Waals surface area contributed by atoms with Crippen molar-refractivity contribution in [3.8, 4) is 5.69 Å². The van der Waals surface area contributed by atoms with E-state index in [1.807, 2.05) is 17.1 Å². The first kappa shape index (κ1) is 13.8. The Morgan fingerprint density at radius 2 is 1.95 bits per heavy atom. The molecule has 0 saturated heterocycles. The third-order valence-corrected chi connectivity index (χ3v) is 3.45. The van der Waals surface area contributed by atoms with E-state index in [-0.39, 0.29) is 0 Å². The predicted molar refractivity (Wildman–Crippen MR) is 79.5 cm³/mol. The molecule has 0 aliphatic carbocycles. The summed E-state index contributed by atoms with van der Waals surface area (Å²) in [4.78, 5) is 4.07. The van der Waals surface area contributed by atoms with Crippen molar-refractivity contribution in [2.75, 3.05) is 0 Å². The molecule has 0 radical (unpaired) electrons. The second kappa shape index (κ2) is 6.53. The lowest BCUT2D eigenvalue weighted by atomic mass is 10.1. The van der Waals surface area contributed by atoms with Gasteiger partial charge in [-0.3, -0.25) is 0 Å². The molecule has 19 heavy (non-hydrogen) atoms. The van der Waals surface area contributed by atoms with E-state index in [1.165, 1.54) is 18.4 Å². The molecule has 3 nitrogen and oxygen atoms in total. The Morgan fingerprint density at radius 1 is 1.21 bits per heavy atom. The van der Waals surface area contributed by atoms with Crippen LogP contribution in [0.15, 0.2) is 43.0 Å². The van der Waals surface area contributed by atoms with E-state index in [9.17, 15) is 0 Å². The van der Waals surface area contributed by atoms with E-state index in [1.54, 1.807) is 6.20 Å². The number of hydrogen-bond donors (Lipinski definition) is 1. The van der Waals surface area contributed by atoms with Crippen LogP contribution in [-0.4, -0.2) is 15.6 Å². The van der Waals surface area contributed by atoms with Gasteiger partial charge in [0.25, 0.3) is 0 Å². The fourth-order valence-electron chi connectivity index (χ4n) is 2.39. The molecule has 1 N–H and O–H groups in total. The minimum absolute atomic E-state index is 0.387. The van der Waals surface area contributed by atoms with Crippen LogP contribution >= 0.6 is 0 Å². The van der Waals surface area contributed by atoms with Crippen molar-refractivity contribution >= 4 is 0 Å². The SMILES string of the molecule is CCCC(C)NC(C)c1ccc(-n2ccnc2)cc1. The van der Waals surface area contributed by atoms with Crippen LogP contribution in [0.25, 0.3) is 5.69 Å². The molecule has 2 unspecified atom stereocenters. The summed E-state index contributed by atoms with van der Waals surface area (Å²) >= 11 is 0. The Labute approximate surface area is 115 Å². The van der Waals surface area contributed by atoms with E-state index >= 15 is 0 Å². The van der Waals surface area contributed by atoms with E-state index in [2.05, 4.69) is 55.3 Å². The summed E-state index contributed by atoms with van der Waals surface area (Å²) in [5.74, 6) is 0. The van der Waals surface area contributed by atoms with E-state index in [0.29, 0.717) is 12.1 Å². The summed E-state index contributed by atoms with van der Waals surface area (Å²) in [7, 11) is 0. The minimum atomic E-state index is 0.387. The summed E-state index contributed by atoms with van der Waals surface area (Å²) < 4.78 is 2.02. The summed E-state index contributed by atoms with van der Waals surface area (Å²) in [6.45, 7) is 6.70. The molecule has 102 valence electrons. The van der Waals surface area contributed by atoms with Gasteiger partial charge in [-0.05, 0) is 38.0 Å². The summed E-state index contributed by atoms with van der Waals surface area (Å²) in [6, 6.07) is 9.60. The monoisotopic (exact) mass is 257 g/mol. The van der Waals surface area contributed by atoms with Gasteiger partial charge in [-0.1, -0.05) is 25.5 Å². The van der Waals surface area contributed by atoms with Crippen molar-refractivity contribution in [3.63, 3.8) is 0 Å². The smallest absolute Gasteiger partial charge is 0.0991 e. The van der Waals surface area contributed by atoms with Gasteiger partial charge in [-0.15, -0.1) is 0 Å². The average Bonchev–Trinajstić information content (AvgIpc) is 2.93. The van der Waals surface area contributed by atoms with Crippen LogP contribution in [0.4, 0.5) is 0 Å². The first-order chi connectivity index (χ1) is 9.20. The lowest BCUT2D eigenvalue weighted by Crippen LogP contribution is -2.28. The maximum atomic E-state index is 4.07. The predicted octanol–water partition coefficient (Wildman–Crippen LogP) is 3.71. The Morgan fingerprint density at radius 3 is 2.53 bits per heavy atom. The van der Waals surface area contributed by atoms with E-state index in [4.69, 9.17) is 0 Å². The van der Waals surface area contributed by atoms with Crippen LogP contribution in [0.3, 0.4) is 0 Å². The Kier molecular flexibility index (Phi) is 4.74. The van der Waals surface area contributed by atoms with Crippen LogP contribution in [-0.2, 0) is 0 Å². The molecule has 0 aliphatic heterocycles. The Hall–Kier alpha value is -1.61. The van der Waals surface area contributed by atoms with Gasteiger partial charge < -0.3 is 9.88 Å². The number of nitrogens with one attached hydrogen (secondary N) is 1. The summed E-state index contributed by atoms with van der Waals surface area (Å²) in [6.07, 6.45) is 8.02. The van der Waals surface area contributed by atoms with Gasteiger partial charge in [0.05, 0.1) is 6.33 Å². The molecular formula is C16H23N3. The molecule has 0 aliphatic rings. The fraction of sp³-hybridized carbons (Fsp3) is 0.438. The highest BCUT2D eigenvalue weighted by atomic mass is 15.0. The third kappa shape index (κ3) is 3.67. The quantitative estimate of drug-likeness (QED) is 0.855.